The van der Waals surface area contributed by atoms with Crippen LogP contribution in [0.3, 0.4) is 0 Å². The Morgan fingerprint density at radius 1 is 1.00 bits per heavy atom. The number of hydrogen-bond donors (Lipinski definition) is 4. The lowest BCUT2D eigenvalue weighted by atomic mass is 9.91. The number of rotatable bonds is 9. The molecule has 0 aliphatic carbocycles. The normalized spacial score (nSPS) is 17.3. The molecule has 3 aromatic carbocycles. The van der Waals surface area contributed by atoms with Crippen molar-refractivity contribution < 1.29 is 14.3 Å². The van der Waals surface area contributed by atoms with Gasteiger partial charge in [0, 0.05) is 60.4 Å². The molecule has 3 heterocycles. The second kappa shape index (κ2) is 14.1. The maximum atomic E-state index is 12.0. The van der Waals surface area contributed by atoms with Gasteiger partial charge in [-0.2, -0.15) is 0 Å². The van der Waals surface area contributed by atoms with E-state index < -0.39 is 0 Å². The van der Waals surface area contributed by atoms with Crippen molar-refractivity contribution in [3.05, 3.63) is 93.5 Å². The number of carbonyl (C=O) groups is 2. The molecule has 0 spiro atoms. The van der Waals surface area contributed by atoms with Gasteiger partial charge in [0.05, 0.1) is 28.9 Å². The van der Waals surface area contributed by atoms with Crippen molar-refractivity contribution >= 4 is 35.1 Å². The fourth-order valence-corrected chi connectivity index (χ4v) is 7.07. The molecule has 2 atom stereocenters. The minimum atomic E-state index is -0.213. The van der Waals surface area contributed by atoms with Gasteiger partial charge >= 0.3 is 6.03 Å². The zero-order valence-corrected chi connectivity index (χ0v) is 27.4. The molecule has 8 nitrogen and oxygen atoms in total. The molecule has 46 heavy (non-hydrogen) atoms. The molecule has 4 aromatic rings. The van der Waals surface area contributed by atoms with Gasteiger partial charge in [0.2, 0.25) is 11.8 Å². The molecule has 6 rings (SSSR count). The number of nitrogens with one attached hydrogen (secondary N) is 4. The van der Waals surface area contributed by atoms with Crippen molar-refractivity contribution in [1.82, 2.24) is 26.3 Å². The maximum Gasteiger partial charge on any atom is 0.315 e. The second-order valence-electron chi connectivity index (χ2n) is 11.7. The highest BCUT2D eigenvalue weighted by atomic mass is 35.5. The summed E-state index contributed by atoms with van der Waals surface area (Å²) in [6.07, 6.45) is 4.19. The van der Waals surface area contributed by atoms with E-state index in [1.54, 1.807) is 14.2 Å². The minimum Gasteiger partial charge on any atom is -0.481 e. The lowest BCUT2D eigenvalue weighted by Gasteiger charge is -2.27. The van der Waals surface area contributed by atoms with Crippen LogP contribution in [0.5, 0.6) is 5.88 Å². The lowest BCUT2D eigenvalue weighted by Crippen LogP contribution is -2.42. The first-order valence-corrected chi connectivity index (χ1v) is 16.3. The number of aryl methyl sites for hydroxylation is 1. The van der Waals surface area contributed by atoms with Crippen molar-refractivity contribution in [1.29, 1.82) is 0 Å². The van der Waals surface area contributed by atoms with Crippen LogP contribution in [-0.2, 0) is 17.8 Å². The average Bonchev–Trinajstić information content (AvgIpc) is 3.49. The number of benzene rings is 3. The number of amides is 3. The molecule has 0 bridgehead atoms. The van der Waals surface area contributed by atoms with Crippen molar-refractivity contribution in [3.63, 3.8) is 0 Å². The van der Waals surface area contributed by atoms with Crippen molar-refractivity contribution in [2.45, 2.75) is 50.7 Å². The van der Waals surface area contributed by atoms with Gasteiger partial charge in [-0.3, -0.25) is 4.79 Å². The van der Waals surface area contributed by atoms with Crippen molar-refractivity contribution in [2.24, 2.45) is 0 Å². The summed E-state index contributed by atoms with van der Waals surface area (Å²) in [6, 6.07) is 22.0. The third-order valence-corrected chi connectivity index (χ3v) is 9.62. The average molecular weight is 659 g/mol. The monoisotopic (exact) mass is 657 g/mol. The summed E-state index contributed by atoms with van der Waals surface area (Å²) in [5, 5.41) is 13.2. The Balaban J connectivity index is 1.26. The molecule has 1 unspecified atom stereocenters. The van der Waals surface area contributed by atoms with Crippen molar-refractivity contribution in [2.75, 3.05) is 20.7 Å². The standard InChI is InChI=1S/C36H37Cl2N5O3/c1-39-36(45)43-31-20-40-19-23-18-22(12-15-25(23)31)26-8-4-9-27(33(26)37)28-10-5-11-29(34(28)38)30-16-13-21(35(42-30)46-2)6-3-7-24-14-17-32(44)41-24/h4-5,8-13,15-16,18,24,31,40H,3,6-7,14,17,19-20H2,1-2H3,(H,41,44)(H2,39,43,45)/t24-,31?/m1/s1. The van der Waals surface area contributed by atoms with Gasteiger partial charge < -0.3 is 26.0 Å². The largest absolute Gasteiger partial charge is 0.481 e. The van der Waals surface area contributed by atoms with Crippen LogP contribution in [0.25, 0.3) is 33.5 Å². The summed E-state index contributed by atoms with van der Waals surface area (Å²) in [5.41, 5.74) is 8.23. The predicted molar refractivity (Wildman–Crippen MR) is 183 cm³/mol. The van der Waals surface area contributed by atoms with Crippen LogP contribution in [0.1, 0.15) is 48.4 Å². The fourth-order valence-electron chi connectivity index (χ4n) is 6.41. The summed E-state index contributed by atoms with van der Waals surface area (Å²) in [7, 11) is 3.24. The second-order valence-corrected chi connectivity index (χ2v) is 12.5. The fraction of sp³-hybridized carbons (Fsp3) is 0.306. The number of aromatic nitrogens is 1. The molecular weight excluding hydrogens is 621 g/mol. The highest BCUT2D eigenvalue weighted by Gasteiger charge is 2.23. The third kappa shape index (κ3) is 6.70. The first kappa shape index (κ1) is 31.9. The number of halogens is 2. The van der Waals surface area contributed by atoms with E-state index in [-0.39, 0.29) is 24.0 Å². The van der Waals surface area contributed by atoms with Crippen LogP contribution in [0, 0.1) is 0 Å². The van der Waals surface area contributed by atoms with E-state index in [1.807, 2.05) is 54.6 Å². The molecule has 10 heteroatoms. The molecular formula is C36H37Cl2N5O3. The maximum absolute atomic E-state index is 12.0. The van der Waals surface area contributed by atoms with Gasteiger partial charge in [-0.05, 0) is 54.5 Å². The predicted octanol–water partition coefficient (Wildman–Crippen LogP) is 7.07. The zero-order chi connectivity index (χ0) is 32.2. The Morgan fingerprint density at radius 2 is 1.74 bits per heavy atom. The Labute approximate surface area is 279 Å². The smallest absolute Gasteiger partial charge is 0.315 e. The van der Waals surface area contributed by atoms with Crippen LogP contribution in [0.4, 0.5) is 4.79 Å². The summed E-state index contributed by atoms with van der Waals surface area (Å²) >= 11 is 14.2. The highest BCUT2D eigenvalue weighted by molar-refractivity contribution is 6.39. The lowest BCUT2D eigenvalue weighted by molar-refractivity contribution is -0.119. The molecule has 1 fully saturated rings. The van der Waals surface area contributed by atoms with Gasteiger partial charge in [0.15, 0.2) is 0 Å². The molecule has 238 valence electrons. The van der Waals surface area contributed by atoms with E-state index in [0.717, 1.165) is 70.2 Å². The minimum absolute atomic E-state index is 0.122. The summed E-state index contributed by atoms with van der Waals surface area (Å²) < 4.78 is 5.68. The molecule has 0 radical (unpaired) electrons. The zero-order valence-electron chi connectivity index (χ0n) is 25.9. The number of ether oxygens (including phenoxy) is 1. The number of urea groups is 1. The number of nitrogens with zero attached hydrogens (tertiary/aromatic N) is 1. The van der Waals surface area contributed by atoms with Crippen LogP contribution < -0.4 is 26.0 Å². The molecule has 3 amide bonds. The number of fused-ring (bicyclic) bond motifs is 1. The van der Waals surface area contributed by atoms with Crippen molar-refractivity contribution in [3.8, 4) is 39.4 Å². The highest BCUT2D eigenvalue weighted by Crippen LogP contribution is 2.43. The van der Waals surface area contributed by atoms with E-state index in [9.17, 15) is 9.59 Å². The van der Waals surface area contributed by atoms with E-state index in [1.165, 1.54) is 0 Å². The molecule has 1 aromatic heterocycles. The van der Waals surface area contributed by atoms with Crippen LogP contribution in [0.2, 0.25) is 10.0 Å². The molecule has 2 aliphatic heterocycles. The van der Waals surface area contributed by atoms with E-state index in [4.69, 9.17) is 32.9 Å². The van der Waals surface area contributed by atoms with Crippen LogP contribution >= 0.6 is 23.2 Å². The van der Waals surface area contributed by atoms with Gasteiger partial charge in [0.1, 0.15) is 0 Å². The number of methoxy groups -OCH3 is 1. The SMILES string of the molecule is CNC(=O)NC1CNCc2cc(-c3cccc(-c4cccc(-c5ccc(CCC[C@@H]6CCC(=O)N6)c(OC)n5)c4Cl)c3Cl)ccc21. The number of carbonyl (C=O) groups excluding carboxylic acids is 2. The van der Waals surface area contributed by atoms with Gasteiger partial charge in [-0.15, -0.1) is 0 Å². The first-order chi connectivity index (χ1) is 22.4. The van der Waals surface area contributed by atoms with Gasteiger partial charge in [0.25, 0.3) is 0 Å². The summed E-state index contributed by atoms with van der Waals surface area (Å²) in [5.74, 6) is 0.715. The summed E-state index contributed by atoms with van der Waals surface area (Å²) in [6.45, 7) is 1.36. The Hall–Kier alpha value is -4.11. The molecule has 4 N–H and O–H groups in total. The molecule has 1 saturated heterocycles. The van der Waals surface area contributed by atoms with Gasteiger partial charge in [-0.1, -0.05) is 77.8 Å². The molecule has 2 aliphatic rings. The quantitative estimate of drug-likeness (QED) is 0.154. The third-order valence-electron chi connectivity index (χ3n) is 8.81. The first-order valence-electron chi connectivity index (χ1n) is 15.6. The van der Waals surface area contributed by atoms with Crippen LogP contribution in [-0.4, -0.2) is 43.7 Å². The summed E-state index contributed by atoms with van der Waals surface area (Å²) in [4.78, 5) is 28.3. The number of hydrogen-bond acceptors (Lipinski definition) is 5. The van der Waals surface area contributed by atoms with Crippen LogP contribution in [0.15, 0.2) is 66.7 Å². The van der Waals surface area contributed by atoms with E-state index in [2.05, 4.69) is 33.4 Å². The molecule has 0 saturated carbocycles. The Morgan fingerprint density at radius 3 is 2.46 bits per heavy atom. The number of pyridine rings is 1. The van der Waals surface area contributed by atoms with E-state index >= 15 is 0 Å². The van der Waals surface area contributed by atoms with Gasteiger partial charge in [-0.25, -0.2) is 9.78 Å². The topological polar surface area (TPSA) is 104 Å². The Bertz CT molecular complexity index is 1780. The van der Waals surface area contributed by atoms with E-state index in [0.29, 0.717) is 41.1 Å². The Kier molecular flexibility index (Phi) is 9.78.